The summed E-state index contributed by atoms with van der Waals surface area (Å²) in [6.07, 6.45) is 7.35. The smallest absolute Gasteiger partial charge is 0.0675 e. The van der Waals surface area contributed by atoms with Crippen molar-refractivity contribution in [3.05, 3.63) is 0 Å². The van der Waals surface area contributed by atoms with E-state index in [1.54, 1.807) is 0 Å². The number of aliphatic hydroxyl groups is 3. The number of rotatable bonds is 13. The lowest BCUT2D eigenvalue weighted by atomic mass is 9.74. The molecule has 4 atom stereocenters. The zero-order valence-electron chi connectivity index (χ0n) is 14.6. The van der Waals surface area contributed by atoms with Gasteiger partial charge >= 0.3 is 0 Å². The van der Waals surface area contributed by atoms with Gasteiger partial charge in [-0.15, -0.1) is 0 Å². The molecule has 128 valence electrons. The molecule has 21 heavy (non-hydrogen) atoms. The second-order valence-electron chi connectivity index (χ2n) is 6.96. The minimum Gasteiger partial charge on any atom is -0.396 e. The van der Waals surface area contributed by atoms with Gasteiger partial charge in [-0.3, -0.25) is 0 Å². The predicted molar refractivity (Wildman–Crippen MR) is 89.2 cm³/mol. The molecule has 0 radical (unpaired) electrons. The van der Waals surface area contributed by atoms with E-state index in [-0.39, 0.29) is 19.1 Å². The van der Waals surface area contributed by atoms with Crippen molar-refractivity contribution in [3.8, 4) is 0 Å². The maximum Gasteiger partial charge on any atom is 0.0675 e. The van der Waals surface area contributed by atoms with Crippen LogP contribution >= 0.6 is 0 Å². The summed E-state index contributed by atoms with van der Waals surface area (Å²) >= 11 is 0. The van der Waals surface area contributed by atoms with Crippen LogP contribution in [0.3, 0.4) is 0 Å². The molecule has 0 heterocycles. The molecule has 0 fully saturated rings. The van der Waals surface area contributed by atoms with Gasteiger partial charge in [-0.1, -0.05) is 40.5 Å². The molecular formula is C18H38O3. The Morgan fingerprint density at radius 3 is 2.14 bits per heavy atom. The van der Waals surface area contributed by atoms with Crippen LogP contribution in [0.2, 0.25) is 0 Å². The van der Waals surface area contributed by atoms with E-state index in [1.807, 2.05) is 0 Å². The average Bonchev–Trinajstić information content (AvgIpc) is 2.46. The topological polar surface area (TPSA) is 60.7 Å². The Hall–Kier alpha value is -0.120. The minimum absolute atomic E-state index is 0.217. The van der Waals surface area contributed by atoms with E-state index in [0.717, 1.165) is 51.4 Å². The van der Waals surface area contributed by atoms with Crippen molar-refractivity contribution in [2.75, 3.05) is 13.2 Å². The Balaban J connectivity index is 4.67. The Morgan fingerprint density at radius 1 is 1.00 bits per heavy atom. The van der Waals surface area contributed by atoms with Gasteiger partial charge in [0.25, 0.3) is 0 Å². The van der Waals surface area contributed by atoms with Crippen LogP contribution in [0.1, 0.15) is 79.1 Å². The van der Waals surface area contributed by atoms with Crippen LogP contribution in [0.25, 0.3) is 0 Å². The van der Waals surface area contributed by atoms with Crippen LogP contribution < -0.4 is 0 Å². The molecule has 0 aliphatic heterocycles. The molecule has 3 nitrogen and oxygen atoms in total. The van der Waals surface area contributed by atoms with Gasteiger partial charge in [0.15, 0.2) is 0 Å². The second kappa shape index (κ2) is 11.4. The lowest BCUT2D eigenvalue weighted by Crippen LogP contribution is -2.39. The molecule has 0 aromatic rings. The molecule has 3 N–H and O–H groups in total. The standard InChI is InChI=1S/C18H38O3/c1-5-8-16(4)18(21,11-10-17(6-2)14-20)13-15(3)9-7-12-19/h15-17,19-21H,5-14H2,1-4H3. The van der Waals surface area contributed by atoms with Crippen molar-refractivity contribution in [3.63, 3.8) is 0 Å². The third kappa shape index (κ3) is 8.18. The molecule has 0 aliphatic carbocycles. The van der Waals surface area contributed by atoms with Gasteiger partial charge in [0, 0.05) is 13.2 Å². The lowest BCUT2D eigenvalue weighted by molar-refractivity contribution is -0.0484. The SMILES string of the molecule is CCCC(C)C(O)(CCC(CC)CO)CC(C)CCCO. The van der Waals surface area contributed by atoms with Crippen molar-refractivity contribution < 1.29 is 15.3 Å². The van der Waals surface area contributed by atoms with Gasteiger partial charge in [-0.05, 0) is 56.3 Å². The fourth-order valence-corrected chi connectivity index (χ4v) is 3.28. The summed E-state index contributed by atoms with van der Waals surface area (Å²) in [4.78, 5) is 0. The van der Waals surface area contributed by atoms with E-state index < -0.39 is 5.60 Å². The van der Waals surface area contributed by atoms with Crippen LogP contribution in [-0.2, 0) is 0 Å². The molecule has 4 unspecified atom stereocenters. The zero-order chi connectivity index (χ0) is 16.3. The summed E-state index contributed by atoms with van der Waals surface area (Å²) in [5, 5.41) is 29.5. The third-order valence-electron chi connectivity index (χ3n) is 5.02. The van der Waals surface area contributed by atoms with Crippen molar-refractivity contribution in [1.82, 2.24) is 0 Å². The van der Waals surface area contributed by atoms with Crippen molar-refractivity contribution in [2.45, 2.75) is 84.7 Å². The maximum absolute atomic E-state index is 11.2. The van der Waals surface area contributed by atoms with E-state index in [9.17, 15) is 10.2 Å². The first kappa shape index (κ1) is 20.9. The molecule has 0 rings (SSSR count). The average molecular weight is 302 g/mol. The van der Waals surface area contributed by atoms with E-state index in [1.165, 1.54) is 0 Å². The first-order chi connectivity index (χ1) is 9.93. The normalized spacial score (nSPS) is 19.0. The van der Waals surface area contributed by atoms with Crippen molar-refractivity contribution in [1.29, 1.82) is 0 Å². The first-order valence-electron chi connectivity index (χ1n) is 8.87. The molecule has 0 aromatic heterocycles. The van der Waals surface area contributed by atoms with Crippen LogP contribution in [0.5, 0.6) is 0 Å². The second-order valence-corrected chi connectivity index (χ2v) is 6.96. The van der Waals surface area contributed by atoms with Crippen molar-refractivity contribution >= 4 is 0 Å². The lowest BCUT2D eigenvalue weighted by Gasteiger charge is -2.37. The summed E-state index contributed by atoms with van der Waals surface area (Å²) in [6.45, 7) is 9.03. The Labute approximate surface area is 131 Å². The summed E-state index contributed by atoms with van der Waals surface area (Å²) in [6, 6.07) is 0. The van der Waals surface area contributed by atoms with Gasteiger partial charge < -0.3 is 15.3 Å². The molecule has 0 saturated heterocycles. The van der Waals surface area contributed by atoms with Crippen LogP contribution in [0, 0.1) is 17.8 Å². The van der Waals surface area contributed by atoms with Crippen LogP contribution in [0.4, 0.5) is 0 Å². The molecule has 0 bridgehead atoms. The first-order valence-corrected chi connectivity index (χ1v) is 8.87. The fraction of sp³-hybridized carbons (Fsp3) is 1.00. The number of hydrogen-bond acceptors (Lipinski definition) is 3. The van der Waals surface area contributed by atoms with Crippen LogP contribution in [-0.4, -0.2) is 34.1 Å². The van der Waals surface area contributed by atoms with Gasteiger partial charge in [-0.2, -0.15) is 0 Å². The highest BCUT2D eigenvalue weighted by atomic mass is 16.3. The Kier molecular flexibility index (Phi) is 11.4. The number of aliphatic hydroxyl groups excluding tert-OH is 2. The number of hydrogen-bond donors (Lipinski definition) is 3. The third-order valence-corrected chi connectivity index (χ3v) is 5.02. The summed E-state index contributed by atoms with van der Waals surface area (Å²) in [5.74, 6) is 1.02. The van der Waals surface area contributed by atoms with E-state index in [4.69, 9.17) is 5.11 Å². The Bertz CT molecular complexity index is 241. The quantitative estimate of drug-likeness (QED) is 0.485. The highest BCUT2D eigenvalue weighted by molar-refractivity contribution is 4.86. The summed E-state index contributed by atoms with van der Waals surface area (Å²) < 4.78 is 0. The summed E-state index contributed by atoms with van der Waals surface area (Å²) in [7, 11) is 0. The van der Waals surface area contributed by atoms with Gasteiger partial charge in [0.1, 0.15) is 0 Å². The largest absolute Gasteiger partial charge is 0.396 e. The van der Waals surface area contributed by atoms with Gasteiger partial charge in [0.2, 0.25) is 0 Å². The highest BCUT2D eigenvalue weighted by Gasteiger charge is 2.34. The molecule has 0 saturated carbocycles. The summed E-state index contributed by atoms with van der Waals surface area (Å²) in [5.41, 5.74) is -0.631. The molecule has 0 aliphatic rings. The minimum atomic E-state index is -0.631. The molecule has 0 amide bonds. The molecular weight excluding hydrogens is 264 g/mol. The van der Waals surface area contributed by atoms with Crippen LogP contribution in [0.15, 0.2) is 0 Å². The van der Waals surface area contributed by atoms with E-state index >= 15 is 0 Å². The molecule has 0 spiro atoms. The highest BCUT2D eigenvalue weighted by Crippen LogP contribution is 2.35. The molecule has 0 aromatic carbocycles. The zero-order valence-corrected chi connectivity index (χ0v) is 14.6. The molecule has 3 heteroatoms. The monoisotopic (exact) mass is 302 g/mol. The van der Waals surface area contributed by atoms with E-state index in [2.05, 4.69) is 27.7 Å². The maximum atomic E-state index is 11.2. The van der Waals surface area contributed by atoms with Gasteiger partial charge in [-0.25, -0.2) is 0 Å². The van der Waals surface area contributed by atoms with Gasteiger partial charge in [0.05, 0.1) is 5.60 Å². The predicted octanol–water partition coefficient (Wildman–Crippen LogP) is 3.75. The van der Waals surface area contributed by atoms with Crippen molar-refractivity contribution in [2.24, 2.45) is 17.8 Å². The fourth-order valence-electron chi connectivity index (χ4n) is 3.28. The Morgan fingerprint density at radius 2 is 1.67 bits per heavy atom. The van der Waals surface area contributed by atoms with E-state index in [0.29, 0.717) is 11.8 Å².